The summed E-state index contributed by atoms with van der Waals surface area (Å²) in [6.45, 7) is -0.962. The van der Waals surface area contributed by atoms with Crippen molar-refractivity contribution in [3.05, 3.63) is 0 Å². The maximum Gasteiger partial charge on any atom is 0.328 e. The van der Waals surface area contributed by atoms with E-state index in [2.05, 4.69) is 10.6 Å². The van der Waals surface area contributed by atoms with E-state index in [1.54, 1.807) is 0 Å². The topological polar surface area (TPSA) is 294 Å². The van der Waals surface area contributed by atoms with Gasteiger partial charge in [0.15, 0.2) is 0 Å². The van der Waals surface area contributed by atoms with E-state index in [9.17, 15) is 33.6 Å². The van der Waals surface area contributed by atoms with Gasteiger partial charge in [0.05, 0.1) is 19.1 Å². The van der Waals surface area contributed by atoms with Crippen LogP contribution in [0.3, 0.4) is 0 Å². The van der Waals surface area contributed by atoms with Gasteiger partial charge >= 0.3 is 11.9 Å². The lowest BCUT2D eigenvalue weighted by Crippen LogP contribution is -2.57. The molecule has 5 amide bonds. The average Bonchev–Trinajstić information content (AvgIpc) is 2.70. The number of aliphatic hydroxyl groups is 1. The molecule has 0 aliphatic rings. The first-order valence-electron chi connectivity index (χ1n) is 9.57. The zero-order valence-corrected chi connectivity index (χ0v) is 17.5. The van der Waals surface area contributed by atoms with E-state index in [-0.39, 0.29) is 19.3 Å². The summed E-state index contributed by atoms with van der Waals surface area (Å²) in [4.78, 5) is 81.1. The Balaban J connectivity index is 5.55. The smallest absolute Gasteiger partial charge is 0.328 e. The van der Waals surface area contributed by atoms with Gasteiger partial charge in [-0.3, -0.25) is 28.8 Å². The van der Waals surface area contributed by atoms with Crippen molar-refractivity contribution in [1.82, 2.24) is 16.0 Å². The Bertz CT molecular complexity index is 773. The molecule has 0 aliphatic carbocycles. The number of nitrogens with two attached hydrogens (primary N) is 3. The van der Waals surface area contributed by atoms with Gasteiger partial charge in [0.1, 0.15) is 18.1 Å². The Labute approximate surface area is 187 Å². The first-order chi connectivity index (χ1) is 15.3. The molecule has 0 rings (SSSR count). The number of carboxylic acids is 2. The summed E-state index contributed by atoms with van der Waals surface area (Å²) < 4.78 is 0. The van der Waals surface area contributed by atoms with Crippen molar-refractivity contribution in [3.8, 4) is 0 Å². The highest BCUT2D eigenvalue weighted by atomic mass is 16.4. The van der Waals surface area contributed by atoms with Gasteiger partial charge in [-0.25, -0.2) is 4.79 Å². The number of amides is 5. The van der Waals surface area contributed by atoms with Gasteiger partial charge < -0.3 is 48.5 Å². The summed E-state index contributed by atoms with van der Waals surface area (Å²) in [5, 5.41) is 33.0. The van der Waals surface area contributed by atoms with Crippen LogP contribution in [0.1, 0.15) is 32.1 Å². The fraction of sp³-hybridized carbons (Fsp3) is 0.588. The van der Waals surface area contributed by atoms with E-state index in [1.165, 1.54) is 0 Å². The minimum Gasteiger partial charge on any atom is -0.481 e. The molecule has 0 saturated carbocycles. The highest BCUT2D eigenvalue weighted by molar-refractivity contribution is 5.95. The van der Waals surface area contributed by atoms with Crippen LogP contribution in [-0.4, -0.2) is 87.6 Å². The molecular weight excluding hydrogens is 448 g/mol. The van der Waals surface area contributed by atoms with E-state index in [0.717, 1.165) is 0 Å². The monoisotopic (exact) mass is 476 g/mol. The third-order valence-electron chi connectivity index (χ3n) is 4.15. The molecule has 0 aromatic heterocycles. The Morgan fingerprint density at radius 1 is 0.697 bits per heavy atom. The van der Waals surface area contributed by atoms with Crippen molar-refractivity contribution in [2.45, 2.75) is 56.3 Å². The van der Waals surface area contributed by atoms with Crippen LogP contribution in [0, 0.1) is 0 Å². The molecule has 4 atom stereocenters. The van der Waals surface area contributed by atoms with Gasteiger partial charge in [-0.2, -0.15) is 0 Å². The van der Waals surface area contributed by atoms with Crippen LogP contribution in [0.25, 0.3) is 0 Å². The molecule has 4 unspecified atom stereocenters. The molecule has 186 valence electrons. The lowest BCUT2D eigenvalue weighted by atomic mass is 10.1. The number of aliphatic hydroxyl groups excluding tert-OH is 1. The van der Waals surface area contributed by atoms with Gasteiger partial charge in [0.2, 0.25) is 29.5 Å². The number of nitrogens with one attached hydrogen (secondary N) is 3. The standard InChI is InChI=1S/C17H28N6O10/c18-7(5-13(27)28)14(29)21-8(1-3-11(19)25)15(30)22-9(2-4-12(20)26)16(31)23-10(6-24)17(32)33/h7-10,24H,1-6,18H2,(H2,19,25)(H2,20,26)(H,21,29)(H,22,30)(H,23,31)(H,27,28)(H,32,33). The van der Waals surface area contributed by atoms with E-state index in [0.29, 0.717) is 0 Å². The minimum absolute atomic E-state index is 0.342. The van der Waals surface area contributed by atoms with Crippen molar-refractivity contribution >= 4 is 41.5 Å². The molecule has 0 fully saturated rings. The highest BCUT2D eigenvalue weighted by Crippen LogP contribution is 2.04. The van der Waals surface area contributed by atoms with Gasteiger partial charge in [0.25, 0.3) is 0 Å². The molecule has 16 nitrogen and oxygen atoms in total. The summed E-state index contributed by atoms with van der Waals surface area (Å²) in [7, 11) is 0. The summed E-state index contributed by atoms with van der Waals surface area (Å²) in [5.74, 6) is -7.75. The van der Waals surface area contributed by atoms with Crippen LogP contribution in [0.4, 0.5) is 0 Å². The van der Waals surface area contributed by atoms with Crippen molar-refractivity contribution in [3.63, 3.8) is 0 Å². The SMILES string of the molecule is NC(=O)CCC(NC(=O)C(N)CC(=O)O)C(=O)NC(CCC(N)=O)C(=O)NC(CO)C(=O)O. The van der Waals surface area contributed by atoms with Crippen LogP contribution >= 0.6 is 0 Å². The van der Waals surface area contributed by atoms with Crippen LogP contribution < -0.4 is 33.2 Å². The van der Waals surface area contributed by atoms with Crippen molar-refractivity contribution in [2.24, 2.45) is 17.2 Å². The number of rotatable bonds is 16. The molecule has 0 aromatic rings. The third-order valence-corrected chi connectivity index (χ3v) is 4.15. The highest BCUT2D eigenvalue weighted by Gasteiger charge is 2.30. The van der Waals surface area contributed by atoms with Crippen LogP contribution in [-0.2, 0) is 33.6 Å². The average molecular weight is 476 g/mol. The zero-order valence-electron chi connectivity index (χ0n) is 17.5. The maximum absolute atomic E-state index is 12.7. The fourth-order valence-electron chi connectivity index (χ4n) is 2.40. The molecule has 33 heavy (non-hydrogen) atoms. The Kier molecular flexibility index (Phi) is 12.7. The number of carbonyl (C=O) groups excluding carboxylic acids is 5. The molecular formula is C17H28N6O10. The van der Waals surface area contributed by atoms with Crippen LogP contribution in [0.5, 0.6) is 0 Å². The predicted octanol–water partition coefficient (Wildman–Crippen LogP) is -5.15. The number of hydrogen-bond donors (Lipinski definition) is 9. The summed E-state index contributed by atoms with van der Waals surface area (Å²) in [6.07, 6.45) is -2.23. The largest absolute Gasteiger partial charge is 0.481 e. The number of hydrogen-bond acceptors (Lipinski definition) is 9. The van der Waals surface area contributed by atoms with Crippen molar-refractivity contribution < 1.29 is 48.9 Å². The molecule has 16 heteroatoms. The number of aliphatic carboxylic acids is 2. The summed E-state index contributed by atoms with van der Waals surface area (Å²) in [6, 6.07) is -6.23. The second-order valence-corrected chi connectivity index (χ2v) is 6.92. The van der Waals surface area contributed by atoms with E-state index >= 15 is 0 Å². The lowest BCUT2D eigenvalue weighted by Gasteiger charge is -2.24. The maximum atomic E-state index is 12.7. The summed E-state index contributed by atoms with van der Waals surface area (Å²) >= 11 is 0. The normalized spacial score (nSPS) is 14.1. The molecule has 12 N–H and O–H groups in total. The molecule has 0 spiro atoms. The fourth-order valence-corrected chi connectivity index (χ4v) is 2.40. The van der Waals surface area contributed by atoms with E-state index < -0.39 is 85.1 Å². The number of carbonyl (C=O) groups is 7. The van der Waals surface area contributed by atoms with E-state index in [1.807, 2.05) is 5.32 Å². The Hall–Kier alpha value is -3.79. The van der Waals surface area contributed by atoms with Gasteiger partial charge in [0, 0.05) is 12.8 Å². The molecule has 0 radical (unpaired) electrons. The molecule has 0 bridgehead atoms. The van der Waals surface area contributed by atoms with Crippen molar-refractivity contribution in [2.75, 3.05) is 6.61 Å². The van der Waals surface area contributed by atoms with Crippen LogP contribution in [0.2, 0.25) is 0 Å². The quantitative estimate of drug-likeness (QED) is 0.101. The third kappa shape index (κ3) is 12.0. The van der Waals surface area contributed by atoms with E-state index in [4.69, 9.17) is 32.5 Å². The van der Waals surface area contributed by atoms with Gasteiger partial charge in [-0.15, -0.1) is 0 Å². The minimum atomic E-state index is -1.70. The number of primary amides is 2. The summed E-state index contributed by atoms with van der Waals surface area (Å²) in [5.41, 5.74) is 15.5. The Morgan fingerprint density at radius 3 is 1.42 bits per heavy atom. The molecule has 0 heterocycles. The predicted molar refractivity (Wildman–Crippen MR) is 108 cm³/mol. The van der Waals surface area contributed by atoms with Crippen LogP contribution in [0.15, 0.2) is 0 Å². The first-order valence-corrected chi connectivity index (χ1v) is 9.57. The lowest BCUT2D eigenvalue weighted by molar-refractivity contribution is -0.143. The second-order valence-electron chi connectivity index (χ2n) is 6.92. The number of carboxylic acid groups (broad SMARTS) is 2. The Morgan fingerprint density at radius 2 is 1.09 bits per heavy atom. The first kappa shape index (κ1) is 29.2. The molecule has 0 aromatic carbocycles. The van der Waals surface area contributed by atoms with Gasteiger partial charge in [-0.05, 0) is 12.8 Å². The second kappa shape index (κ2) is 14.3. The van der Waals surface area contributed by atoms with Gasteiger partial charge in [-0.1, -0.05) is 0 Å². The molecule has 0 aliphatic heterocycles. The zero-order chi connectivity index (χ0) is 25.7. The van der Waals surface area contributed by atoms with Crippen molar-refractivity contribution in [1.29, 1.82) is 0 Å². The molecule has 0 saturated heterocycles.